The minimum absolute atomic E-state index is 0.0940. The number of amides is 2. The second kappa shape index (κ2) is 8.55. The van der Waals surface area contributed by atoms with E-state index in [1.54, 1.807) is 30.3 Å². The average Bonchev–Trinajstić information content (AvgIpc) is 2.64. The van der Waals surface area contributed by atoms with Crippen molar-refractivity contribution in [2.24, 2.45) is 0 Å². The van der Waals surface area contributed by atoms with E-state index in [0.717, 1.165) is 13.1 Å². The number of halogens is 1. The Balaban J connectivity index is 1.53. The molecule has 1 heterocycles. The molecule has 7 heteroatoms. The zero-order valence-corrected chi connectivity index (χ0v) is 14.2. The maximum atomic E-state index is 13.2. The van der Waals surface area contributed by atoms with Gasteiger partial charge in [0.2, 0.25) is 5.91 Å². The van der Waals surface area contributed by atoms with Crippen LogP contribution in [0.1, 0.15) is 10.4 Å². The molecule has 0 unspecified atom stereocenters. The van der Waals surface area contributed by atoms with Crippen LogP contribution in [0, 0.1) is 5.82 Å². The fourth-order valence-corrected chi connectivity index (χ4v) is 2.63. The van der Waals surface area contributed by atoms with Gasteiger partial charge in [-0.3, -0.25) is 14.5 Å². The van der Waals surface area contributed by atoms with Crippen LogP contribution >= 0.6 is 0 Å². The minimum atomic E-state index is -0.462. The smallest absolute Gasteiger partial charge is 0.255 e. The van der Waals surface area contributed by atoms with Crippen molar-refractivity contribution in [1.29, 1.82) is 0 Å². The predicted molar refractivity (Wildman–Crippen MR) is 96.7 cm³/mol. The van der Waals surface area contributed by atoms with E-state index in [1.807, 2.05) is 4.90 Å². The number of carbonyl (C=O) groups excluding carboxylic acids is 2. The van der Waals surface area contributed by atoms with Gasteiger partial charge in [-0.05, 0) is 42.5 Å². The molecule has 2 aromatic rings. The number of nitrogens with zero attached hydrogens (tertiary/aromatic N) is 1. The van der Waals surface area contributed by atoms with E-state index in [9.17, 15) is 14.0 Å². The van der Waals surface area contributed by atoms with Crippen LogP contribution in [0.5, 0.6) is 0 Å². The summed E-state index contributed by atoms with van der Waals surface area (Å²) in [6, 6.07) is 12.3. The summed E-state index contributed by atoms with van der Waals surface area (Å²) >= 11 is 0. The van der Waals surface area contributed by atoms with Crippen LogP contribution in [0.25, 0.3) is 0 Å². The summed E-state index contributed by atoms with van der Waals surface area (Å²) in [6.07, 6.45) is 0. The SMILES string of the molecule is O=C(CN1CCOCC1)Nc1ccc(NC(=O)c2cccc(F)c2)cc1. The first-order valence-electron chi connectivity index (χ1n) is 8.37. The highest BCUT2D eigenvalue weighted by atomic mass is 19.1. The third kappa shape index (κ3) is 5.11. The van der Waals surface area contributed by atoms with Crippen LogP contribution in [0.4, 0.5) is 15.8 Å². The first kappa shape index (κ1) is 18.0. The molecule has 0 saturated carbocycles. The molecular weight excluding hydrogens is 337 g/mol. The van der Waals surface area contributed by atoms with E-state index in [2.05, 4.69) is 10.6 Å². The van der Waals surface area contributed by atoms with Crippen molar-refractivity contribution >= 4 is 23.2 Å². The molecular formula is C19H20FN3O3. The lowest BCUT2D eigenvalue weighted by Gasteiger charge is -2.25. The van der Waals surface area contributed by atoms with Gasteiger partial charge in [0.25, 0.3) is 5.91 Å². The van der Waals surface area contributed by atoms with Crippen molar-refractivity contribution in [3.05, 3.63) is 59.9 Å². The molecule has 1 saturated heterocycles. The molecule has 1 fully saturated rings. The lowest BCUT2D eigenvalue weighted by molar-refractivity contribution is -0.118. The Morgan fingerprint density at radius 1 is 1.00 bits per heavy atom. The Morgan fingerprint density at radius 3 is 2.31 bits per heavy atom. The Bertz CT molecular complexity index is 774. The van der Waals surface area contributed by atoms with Gasteiger partial charge in [-0.25, -0.2) is 4.39 Å². The van der Waals surface area contributed by atoms with Gasteiger partial charge in [-0.1, -0.05) is 6.07 Å². The van der Waals surface area contributed by atoms with Crippen molar-refractivity contribution in [3.63, 3.8) is 0 Å². The molecule has 0 radical (unpaired) electrons. The molecule has 1 aliphatic heterocycles. The van der Waals surface area contributed by atoms with Gasteiger partial charge in [-0.2, -0.15) is 0 Å². The number of morpholine rings is 1. The van der Waals surface area contributed by atoms with Gasteiger partial charge >= 0.3 is 0 Å². The number of anilines is 2. The molecule has 0 aliphatic carbocycles. The molecule has 136 valence electrons. The summed E-state index contributed by atoms with van der Waals surface area (Å²) in [5, 5.41) is 5.52. The first-order valence-corrected chi connectivity index (χ1v) is 8.37. The van der Waals surface area contributed by atoms with Crippen LogP contribution in [0.15, 0.2) is 48.5 Å². The van der Waals surface area contributed by atoms with Crippen LogP contribution in [-0.4, -0.2) is 49.6 Å². The van der Waals surface area contributed by atoms with Crippen LogP contribution in [-0.2, 0) is 9.53 Å². The highest BCUT2D eigenvalue weighted by molar-refractivity contribution is 6.04. The Hall–Kier alpha value is -2.77. The van der Waals surface area contributed by atoms with Crippen molar-refractivity contribution in [2.75, 3.05) is 43.5 Å². The van der Waals surface area contributed by atoms with E-state index in [4.69, 9.17) is 4.74 Å². The minimum Gasteiger partial charge on any atom is -0.379 e. The topological polar surface area (TPSA) is 70.7 Å². The zero-order chi connectivity index (χ0) is 18.4. The van der Waals surface area contributed by atoms with E-state index in [-0.39, 0.29) is 11.5 Å². The average molecular weight is 357 g/mol. The first-order chi connectivity index (χ1) is 12.6. The highest BCUT2D eigenvalue weighted by Gasteiger charge is 2.14. The largest absolute Gasteiger partial charge is 0.379 e. The molecule has 0 bridgehead atoms. The third-order valence-electron chi connectivity index (χ3n) is 3.98. The number of hydrogen-bond donors (Lipinski definition) is 2. The zero-order valence-electron chi connectivity index (χ0n) is 14.2. The normalized spacial score (nSPS) is 14.7. The molecule has 2 aromatic carbocycles. The summed E-state index contributed by atoms with van der Waals surface area (Å²) in [5.41, 5.74) is 1.45. The number of hydrogen-bond acceptors (Lipinski definition) is 4. The number of ether oxygens (including phenoxy) is 1. The third-order valence-corrected chi connectivity index (χ3v) is 3.98. The van der Waals surface area contributed by atoms with E-state index < -0.39 is 11.7 Å². The molecule has 0 spiro atoms. The molecule has 2 amide bonds. The standard InChI is InChI=1S/C19H20FN3O3/c20-15-3-1-2-14(12-15)19(25)22-17-6-4-16(5-7-17)21-18(24)13-23-8-10-26-11-9-23/h1-7,12H,8-11,13H2,(H,21,24)(H,22,25). The highest BCUT2D eigenvalue weighted by Crippen LogP contribution is 2.15. The summed E-state index contributed by atoms with van der Waals surface area (Å²) in [7, 11) is 0. The lowest BCUT2D eigenvalue weighted by atomic mass is 10.2. The van der Waals surface area contributed by atoms with Crippen LogP contribution < -0.4 is 10.6 Å². The fourth-order valence-electron chi connectivity index (χ4n) is 2.63. The molecule has 26 heavy (non-hydrogen) atoms. The van der Waals surface area contributed by atoms with Gasteiger partial charge in [0.05, 0.1) is 19.8 Å². The molecule has 3 rings (SSSR count). The molecule has 2 N–H and O–H groups in total. The second-order valence-corrected chi connectivity index (χ2v) is 5.98. The maximum Gasteiger partial charge on any atom is 0.255 e. The van der Waals surface area contributed by atoms with Crippen LogP contribution in [0.2, 0.25) is 0 Å². The summed E-state index contributed by atoms with van der Waals surface area (Å²) in [4.78, 5) is 26.2. The number of benzene rings is 2. The molecule has 1 aliphatic rings. The fraction of sp³-hybridized carbons (Fsp3) is 0.263. The Morgan fingerprint density at radius 2 is 1.65 bits per heavy atom. The maximum absolute atomic E-state index is 13.2. The van der Waals surface area contributed by atoms with E-state index in [0.29, 0.717) is 31.1 Å². The van der Waals surface area contributed by atoms with Crippen LogP contribution in [0.3, 0.4) is 0 Å². The molecule has 0 atom stereocenters. The van der Waals surface area contributed by atoms with E-state index >= 15 is 0 Å². The molecule has 6 nitrogen and oxygen atoms in total. The van der Waals surface area contributed by atoms with Crippen molar-refractivity contribution in [3.8, 4) is 0 Å². The predicted octanol–water partition coefficient (Wildman–Crippen LogP) is 2.35. The molecule has 0 aromatic heterocycles. The summed E-state index contributed by atoms with van der Waals surface area (Å²) in [6.45, 7) is 3.11. The van der Waals surface area contributed by atoms with Gasteiger partial charge < -0.3 is 15.4 Å². The van der Waals surface area contributed by atoms with Gasteiger partial charge in [0, 0.05) is 30.0 Å². The van der Waals surface area contributed by atoms with E-state index in [1.165, 1.54) is 18.2 Å². The number of nitrogens with one attached hydrogen (secondary N) is 2. The van der Waals surface area contributed by atoms with Gasteiger partial charge in [0.1, 0.15) is 5.82 Å². The number of carbonyl (C=O) groups is 2. The van der Waals surface area contributed by atoms with Crippen molar-refractivity contribution in [2.45, 2.75) is 0 Å². The lowest BCUT2D eigenvalue weighted by Crippen LogP contribution is -2.41. The Kier molecular flexibility index (Phi) is 5.93. The van der Waals surface area contributed by atoms with Crippen molar-refractivity contribution in [1.82, 2.24) is 4.90 Å². The summed E-state index contributed by atoms with van der Waals surface area (Å²) < 4.78 is 18.4. The number of rotatable bonds is 5. The summed E-state index contributed by atoms with van der Waals surface area (Å²) in [5.74, 6) is -0.951. The quantitative estimate of drug-likeness (QED) is 0.862. The van der Waals surface area contributed by atoms with Gasteiger partial charge in [-0.15, -0.1) is 0 Å². The Labute approximate surface area is 150 Å². The van der Waals surface area contributed by atoms with Crippen molar-refractivity contribution < 1.29 is 18.7 Å². The second-order valence-electron chi connectivity index (χ2n) is 5.98. The van der Waals surface area contributed by atoms with Gasteiger partial charge in [0.15, 0.2) is 0 Å². The monoisotopic (exact) mass is 357 g/mol.